The smallest absolute Gasteiger partial charge is 0.344 e. The molecule has 0 bridgehead atoms. The second-order valence-corrected chi connectivity index (χ2v) is 4.91. The first-order valence-electron chi connectivity index (χ1n) is 7.15. The molecule has 3 rings (SSSR count). The fourth-order valence-corrected chi connectivity index (χ4v) is 2.33. The highest BCUT2D eigenvalue weighted by atomic mass is 16.5. The molecule has 0 radical (unpaired) electrons. The van der Waals surface area contributed by atoms with E-state index in [2.05, 4.69) is 0 Å². The molecule has 110 valence electrons. The Morgan fingerprint density at radius 3 is 2.26 bits per heavy atom. The molecule has 0 saturated heterocycles. The van der Waals surface area contributed by atoms with Crippen LogP contribution in [-0.2, 0) is 0 Å². The van der Waals surface area contributed by atoms with E-state index in [4.69, 9.17) is 10.00 Å². The van der Waals surface area contributed by atoms with E-state index in [9.17, 15) is 4.79 Å². The molecule has 0 amide bonds. The fraction of sp³-hybridized carbons (Fsp3) is 0. The average Bonchev–Trinajstić information content (AvgIpc) is 2.63. The minimum absolute atomic E-state index is 0.262. The molecule has 0 aliphatic heterocycles. The molecular weight excluding hydrogens is 286 g/mol. The topological polar surface area (TPSA) is 50.1 Å². The SMILES string of the molecule is N#Cc1ccccc1C(=O)Oc1ccccc1-c1ccccc1. The molecule has 0 fully saturated rings. The van der Waals surface area contributed by atoms with Crippen molar-refractivity contribution in [2.24, 2.45) is 0 Å². The average molecular weight is 299 g/mol. The van der Waals surface area contributed by atoms with Gasteiger partial charge in [0.1, 0.15) is 11.8 Å². The van der Waals surface area contributed by atoms with Gasteiger partial charge in [-0.2, -0.15) is 5.26 Å². The quantitative estimate of drug-likeness (QED) is 0.530. The Morgan fingerprint density at radius 1 is 0.826 bits per heavy atom. The summed E-state index contributed by atoms with van der Waals surface area (Å²) in [5.41, 5.74) is 2.35. The molecule has 23 heavy (non-hydrogen) atoms. The van der Waals surface area contributed by atoms with Gasteiger partial charge >= 0.3 is 5.97 Å². The summed E-state index contributed by atoms with van der Waals surface area (Å²) in [5.74, 6) is -0.0676. The minimum Gasteiger partial charge on any atom is -0.422 e. The first kappa shape index (κ1) is 14.6. The van der Waals surface area contributed by atoms with Crippen LogP contribution < -0.4 is 4.74 Å². The van der Waals surface area contributed by atoms with Gasteiger partial charge in [0.05, 0.1) is 11.1 Å². The lowest BCUT2D eigenvalue weighted by molar-refractivity contribution is 0.0735. The molecule has 0 spiro atoms. The predicted molar refractivity (Wildman–Crippen MR) is 88.0 cm³/mol. The van der Waals surface area contributed by atoms with Crippen molar-refractivity contribution < 1.29 is 9.53 Å². The van der Waals surface area contributed by atoms with Crippen LogP contribution in [-0.4, -0.2) is 5.97 Å². The van der Waals surface area contributed by atoms with Crippen molar-refractivity contribution in [1.29, 1.82) is 5.26 Å². The van der Waals surface area contributed by atoms with E-state index in [1.54, 1.807) is 30.3 Å². The van der Waals surface area contributed by atoms with Gasteiger partial charge in [-0.25, -0.2) is 4.79 Å². The first-order chi connectivity index (χ1) is 11.3. The van der Waals surface area contributed by atoms with Gasteiger partial charge in [-0.05, 0) is 23.8 Å². The summed E-state index contributed by atoms with van der Waals surface area (Å²) in [6.07, 6.45) is 0. The van der Waals surface area contributed by atoms with Gasteiger partial charge in [-0.3, -0.25) is 0 Å². The highest BCUT2D eigenvalue weighted by Gasteiger charge is 2.15. The number of hydrogen-bond donors (Lipinski definition) is 0. The number of rotatable bonds is 3. The van der Waals surface area contributed by atoms with Gasteiger partial charge in [-0.1, -0.05) is 60.7 Å². The molecule has 3 nitrogen and oxygen atoms in total. The molecule has 0 aliphatic rings. The summed E-state index contributed by atoms with van der Waals surface area (Å²) in [6, 6.07) is 25.7. The number of ether oxygens (including phenoxy) is 1. The van der Waals surface area contributed by atoms with Crippen molar-refractivity contribution in [2.75, 3.05) is 0 Å². The maximum atomic E-state index is 12.4. The molecule has 3 aromatic rings. The second-order valence-electron chi connectivity index (χ2n) is 4.91. The summed E-state index contributed by atoms with van der Waals surface area (Å²) in [4.78, 5) is 12.4. The maximum absolute atomic E-state index is 12.4. The number of para-hydroxylation sites is 1. The van der Waals surface area contributed by atoms with E-state index in [1.165, 1.54) is 0 Å². The summed E-state index contributed by atoms with van der Waals surface area (Å²) in [6.45, 7) is 0. The van der Waals surface area contributed by atoms with Crippen molar-refractivity contribution in [2.45, 2.75) is 0 Å². The molecule has 0 aliphatic carbocycles. The fourth-order valence-electron chi connectivity index (χ4n) is 2.33. The van der Waals surface area contributed by atoms with Crippen molar-refractivity contribution in [1.82, 2.24) is 0 Å². The van der Waals surface area contributed by atoms with E-state index in [0.717, 1.165) is 11.1 Å². The first-order valence-corrected chi connectivity index (χ1v) is 7.15. The summed E-state index contributed by atoms with van der Waals surface area (Å²) in [5, 5.41) is 9.11. The zero-order valence-corrected chi connectivity index (χ0v) is 12.3. The molecule has 0 N–H and O–H groups in total. The lowest BCUT2D eigenvalue weighted by Crippen LogP contribution is -2.11. The number of nitrogens with zero attached hydrogens (tertiary/aromatic N) is 1. The number of benzene rings is 3. The van der Waals surface area contributed by atoms with Crippen LogP contribution in [0.3, 0.4) is 0 Å². The third-order valence-corrected chi connectivity index (χ3v) is 3.44. The van der Waals surface area contributed by atoms with Gasteiger partial charge in [0, 0.05) is 5.56 Å². The lowest BCUT2D eigenvalue weighted by Gasteiger charge is -2.10. The molecule has 0 atom stereocenters. The van der Waals surface area contributed by atoms with Crippen molar-refractivity contribution in [3.63, 3.8) is 0 Å². The molecule has 0 aromatic heterocycles. The highest BCUT2D eigenvalue weighted by Crippen LogP contribution is 2.30. The molecule has 0 unspecified atom stereocenters. The third-order valence-electron chi connectivity index (χ3n) is 3.44. The Balaban J connectivity index is 1.95. The second kappa shape index (κ2) is 6.59. The third kappa shape index (κ3) is 3.12. The van der Waals surface area contributed by atoms with Crippen LogP contribution in [0.15, 0.2) is 78.9 Å². The number of esters is 1. The largest absolute Gasteiger partial charge is 0.422 e. The summed E-state index contributed by atoms with van der Waals surface area (Å²) in [7, 11) is 0. The van der Waals surface area contributed by atoms with Crippen LogP contribution in [0.4, 0.5) is 0 Å². The zero-order chi connectivity index (χ0) is 16.1. The monoisotopic (exact) mass is 299 g/mol. The van der Waals surface area contributed by atoms with E-state index in [0.29, 0.717) is 11.3 Å². The van der Waals surface area contributed by atoms with E-state index in [1.807, 2.05) is 54.6 Å². The Kier molecular flexibility index (Phi) is 4.17. The normalized spacial score (nSPS) is 9.87. The molecule has 0 heterocycles. The van der Waals surface area contributed by atoms with E-state index < -0.39 is 5.97 Å². The summed E-state index contributed by atoms with van der Waals surface area (Å²) >= 11 is 0. The maximum Gasteiger partial charge on any atom is 0.344 e. The minimum atomic E-state index is -0.537. The Bertz CT molecular complexity index is 879. The Labute approximate surface area is 134 Å². The molecule has 0 saturated carbocycles. The Morgan fingerprint density at radius 2 is 1.48 bits per heavy atom. The Hall–Kier alpha value is -3.38. The van der Waals surface area contributed by atoms with Gasteiger partial charge in [0.2, 0.25) is 0 Å². The zero-order valence-electron chi connectivity index (χ0n) is 12.3. The summed E-state index contributed by atoms with van der Waals surface area (Å²) < 4.78 is 5.54. The van der Waals surface area contributed by atoms with E-state index >= 15 is 0 Å². The number of carbonyl (C=O) groups excluding carboxylic acids is 1. The molecule has 3 heteroatoms. The van der Waals surface area contributed by atoms with Gasteiger partial charge in [0.25, 0.3) is 0 Å². The van der Waals surface area contributed by atoms with Crippen molar-refractivity contribution in [3.05, 3.63) is 90.0 Å². The standard InChI is InChI=1S/C20H13NO2/c21-14-16-10-4-5-12-18(16)20(22)23-19-13-7-6-11-17(19)15-8-2-1-3-9-15/h1-13H. The lowest BCUT2D eigenvalue weighted by atomic mass is 10.0. The van der Waals surface area contributed by atoms with Crippen LogP contribution in [0.5, 0.6) is 5.75 Å². The number of carbonyl (C=O) groups is 1. The van der Waals surface area contributed by atoms with Crippen LogP contribution in [0, 0.1) is 11.3 Å². The predicted octanol–water partition coefficient (Wildman–Crippen LogP) is 4.44. The number of nitriles is 1. The van der Waals surface area contributed by atoms with Gasteiger partial charge < -0.3 is 4.74 Å². The van der Waals surface area contributed by atoms with E-state index in [-0.39, 0.29) is 5.56 Å². The molecular formula is C20H13NO2. The van der Waals surface area contributed by atoms with Crippen molar-refractivity contribution >= 4 is 5.97 Å². The number of hydrogen-bond acceptors (Lipinski definition) is 3. The van der Waals surface area contributed by atoms with Crippen LogP contribution in [0.2, 0.25) is 0 Å². The van der Waals surface area contributed by atoms with Gasteiger partial charge in [-0.15, -0.1) is 0 Å². The van der Waals surface area contributed by atoms with Crippen LogP contribution in [0.25, 0.3) is 11.1 Å². The highest BCUT2D eigenvalue weighted by molar-refractivity contribution is 5.94. The van der Waals surface area contributed by atoms with Crippen LogP contribution >= 0.6 is 0 Å². The van der Waals surface area contributed by atoms with Crippen LogP contribution in [0.1, 0.15) is 15.9 Å². The van der Waals surface area contributed by atoms with Gasteiger partial charge in [0.15, 0.2) is 0 Å². The molecule has 3 aromatic carbocycles. The van der Waals surface area contributed by atoms with Crippen molar-refractivity contribution in [3.8, 4) is 22.9 Å².